The summed E-state index contributed by atoms with van der Waals surface area (Å²) in [5.41, 5.74) is 3.00. The highest BCUT2D eigenvalue weighted by Crippen LogP contribution is 2.38. The lowest BCUT2D eigenvalue weighted by Crippen LogP contribution is -2.13. The van der Waals surface area contributed by atoms with Crippen LogP contribution in [-0.2, 0) is 7.05 Å². The molecule has 28 heavy (non-hydrogen) atoms. The zero-order chi connectivity index (χ0) is 19.7. The molecular weight excluding hydrogens is 392 g/mol. The number of imidazole rings is 1. The third-order valence-corrected chi connectivity index (χ3v) is 6.16. The molecule has 0 aliphatic rings. The molecule has 2 N–H and O–H groups in total. The molecule has 0 fully saturated rings. The summed E-state index contributed by atoms with van der Waals surface area (Å²) < 4.78 is 6.20. The maximum atomic E-state index is 12.8. The average molecular weight is 411 g/mol. The van der Waals surface area contributed by atoms with Gasteiger partial charge in [-0.05, 0) is 18.5 Å². The molecule has 3 aromatic heterocycles. The van der Waals surface area contributed by atoms with Crippen molar-refractivity contribution in [1.82, 2.24) is 18.9 Å². The lowest BCUT2D eigenvalue weighted by atomic mass is 10.1. The SMILES string of the molecule is CNc1snc(C)c1C(=O)Nc1nc(-c2ccccc2)c(-c2nccn2C)s1. The van der Waals surface area contributed by atoms with Crippen molar-refractivity contribution in [3.05, 3.63) is 54.0 Å². The van der Waals surface area contributed by atoms with Gasteiger partial charge in [0.1, 0.15) is 5.00 Å². The molecule has 1 amide bonds. The standard InChI is InChI=1S/C19H18N6OS2/c1-11-13(18(20-2)28-24-11)17(26)23-19-22-14(12-7-5-4-6-8-12)15(27-19)16-21-9-10-25(16)3/h4-10,20H,1-3H3,(H,22,23,26). The number of aryl methyl sites for hydroxylation is 2. The van der Waals surface area contributed by atoms with E-state index in [0.717, 1.165) is 27.0 Å². The Balaban J connectivity index is 1.75. The number of rotatable bonds is 5. The molecule has 0 unspecified atom stereocenters. The highest BCUT2D eigenvalue weighted by atomic mass is 32.1. The Hall–Kier alpha value is -3.04. The molecule has 0 saturated heterocycles. The van der Waals surface area contributed by atoms with Gasteiger partial charge in [-0.25, -0.2) is 9.97 Å². The van der Waals surface area contributed by atoms with Crippen LogP contribution in [0.2, 0.25) is 0 Å². The van der Waals surface area contributed by atoms with Gasteiger partial charge in [0.2, 0.25) is 0 Å². The third-order valence-electron chi connectivity index (χ3n) is 4.24. The Morgan fingerprint density at radius 2 is 2.00 bits per heavy atom. The first kappa shape index (κ1) is 18.3. The molecule has 142 valence electrons. The van der Waals surface area contributed by atoms with E-state index in [1.165, 1.54) is 22.9 Å². The van der Waals surface area contributed by atoms with E-state index >= 15 is 0 Å². The molecule has 3 heterocycles. The molecule has 4 aromatic rings. The van der Waals surface area contributed by atoms with Gasteiger partial charge < -0.3 is 9.88 Å². The highest BCUT2D eigenvalue weighted by Gasteiger charge is 2.22. The van der Waals surface area contributed by atoms with Crippen LogP contribution in [0.15, 0.2) is 42.7 Å². The summed E-state index contributed by atoms with van der Waals surface area (Å²) in [6.07, 6.45) is 3.64. The lowest BCUT2D eigenvalue weighted by molar-refractivity contribution is 0.102. The molecule has 0 spiro atoms. The number of carbonyl (C=O) groups is 1. The Bertz CT molecular complexity index is 1130. The van der Waals surface area contributed by atoms with E-state index in [9.17, 15) is 4.79 Å². The molecule has 0 saturated carbocycles. The fraction of sp³-hybridized carbons (Fsp3) is 0.158. The van der Waals surface area contributed by atoms with Crippen LogP contribution in [0.5, 0.6) is 0 Å². The van der Waals surface area contributed by atoms with Gasteiger partial charge in [0.05, 0.1) is 21.8 Å². The van der Waals surface area contributed by atoms with Crippen molar-refractivity contribution in [2.75, 3.05) is 17.7 Å². The number of anilines is 2. The highest BCUT2D eigenvalue weighted by molar-refractivity contribution is 7.19. The number of carbonyl (C=O) groups excluding carboxylic acids is 1. The van der Waals surface area contributed by atoms with Gasteiger partial charge in [0.15, 0.2) is 11.0 Å². The molecule has 0 aliphatic carbocycles. The normalized spacial score (nSPS) is 10.8. The monoisotopic (exact) mass is 410 g/mol. The maximum Gasteiger partial charge on any atom is 0.262 e. The van der Waals surface area contributed by atoms with Crippen LogP contribution < -0.4 is 10.6 Å². The van der Waals surface area contributed by atoms with Crippen LogP contribution in [0.1, 0.15) is 16.1 Å². The van der Waals surface area contributed by atoms with Crippen LogP contribution in [0.4, 0.5) is 10.1 Å². The number of aromatic nitrogens is 4. The van der Waals surface area contributed by atoms with E-state index in [-0.39, 0.29) is 5.91 Å². The molecule has 0 aliphatic heterocycles. The number of benzene rings is 1. The van der Waals surface area contributed by atoms with E-state index in [0.29, 0.717) is 16.4 Å². The first-order chi connectivity index (χ1) is 13.6. The summed E-state index contributed by atoms with van der Waals surface area (Å²) in [6.45, 7) is 1.82. The summed E-state index contributed by atoms with van der Waals surface area (Å²) in [7, 11) is 3.72. The van der Waals surface area contributed by atoms with E-state index in [2.05, 4.69) is 20.0 Å². The summed E-state index contributed by atoms with van der Waals surface area (Å²) >= 11 is 2.68. The number of nitrogens with one attached hydrogen (secondary N) is 2. The number of amides is 1. The van der Waals surface area contributed by atoms with Gasteiger partial charge in [-0.3, -0.25) is 10.1 Å². The fourth-order valence-electron chi connectivity index (χ4n) is 2.87. The van der Waals surface area contributed by atoms with E-state index in [1.54, 1.807) is 13.2 Å². The van der Waals surface area contributed by atoms with Crippen molar-refractivity contribution >= 4 is 38.9 Å². The summed E-state index contributed by atoms with van der Waals surface area (Å²) in [5, 5.41) is 7.21. The van der Waals surface area contributed by atoms with Gasteiger partial charge >= 0.3 is 0 Å². The second-order valence-electron chi connectivity index (χ2n) is 6.10. The van der Waals surface area contributed by atoms with Crippen LogP contribution >= 0.6 is 22.9 Å². The maximum absolute atomic E-state index is 12.8. The molecule has 9 heteroatoms. The lowest BCUT2D eigenvalue weighted by Gasteiger charge is -2.03. The fourth-order valence-corrected chi connectivity index (χ4v) is 4.63. The van der Waals surface area contributed by atoms with Crippen LogP contribution in [0.3, 0.4) is 0 Å². The zero-order valence-corrected chi connectivity index (χ0v) is 17.2. The smallest absolute Gasteiger partial charge is 0.262 e. The Morgan fingerprint density at radius 3 is 2.68 bits per heavy atom. The topological polar surface area (TPSA) is 84.7 Å². The van der Waals surface area contributed by atoms with E-state index in [1.807, 2.05) is 55.1 Å². The summed E-state index contributed by atoms with van der Waals surface area (Å²) in [5.74, 6) is 0.580. The Labute approximate surface area is 170 Å². The van der Waals surface area contributed by atoms with Crippen LogP contribution in [0, 0.1) is 6.92 Å². The van der Waals surface area contributed by atoms with Gasteiger partial charge in [-0.1, -0.05) is 41.7 Å². The van der Waals surface area contributed by atoms with Crippen molar-refractivity contribution in [3.8, 4) is 22.0 Å². The first-order valence-corrected chi connectivity index (χ1v) is 10.2. The number of hydrogen-bond acceptors (Lipinski definition) is 7. The van der Waals surface area contributed by atoms with E-state index < -0.39 is 0 Å². The van der Waals surface area contributed by atoms with Crippen molar-refractivity contribution < 1.29 is 4.79 Å². The quantitative estimate of drug-likeness (QED) is 0.513. The molecule has 7 nitrogen and oxygen atoms in total. The summed E-state index contributed by atoms with van der Waals surface area (Å²) in [4.78, 5) is 22.9. The van der Waals surface area contributed by atoms with Crippen molar-refractivity contribution in [3.63, 3.8) is 0 Å². The van der Waals surface area contributed by atoms with Crippen molar-refractivity contribution in [1.29, 1.82) is 0 Å². The second kappa shape index (κ2) is 7.53. The van der Waals surface area contributed by atoms with E-state index in [4.69, 9.17) is 4.98 Å². The molecule has 4 rings (SSSR count). The average Bonchev–Trinajstić information content (AvgIpc) is 3.40. The minimum atomic E-state index is -0.227. The molecule has 0 atom stereocenters. The Kier molecular flexibility index (Phi) is 4.93. The predicted octanol–water partition coefficient (Wildman–Crippen LogP) is 4.27. The zero-order valence-electron chi connectivity index (χ0n) is 15.6. The molecule has 1 aromatic carbocycles. The third kappa shape index (κ3) is 3.30. The van der Waals surface area contributed by atoms with Gasteiger partial charge in [-0.2, -0.15) is 4.37 Å². The van der Waals surface area contributed by atoms with Gasteiger partial charge in [-0.15, -0.1) is 0 Å². The Morgan fingerprint density at radius 1 is 1.21 bits per heavy atom. The second-order valence-corrected chi connectivity index (χ2v) is 7.87. The minimum Gasteiger partial charge on any atom is -0.378 e. The number of hydrogen-bond donors (Lipinski definition) is 2. The van der Waals surface area contributed by atoms with Crippen LogP contribution in [-0.4, -0.2) is 31.9 Å². The van der Waals surface area contributed by atoms with Crippen LogP contribution in [0.25, 0.3) is 22.0 Å². The van der Waals surface area contributed by atoms with Crippen molar-refractivity contribution in [2.45, 2.75) is 6.92 Å². The number of thiazole rings is 1. The predicted molar refractivity (Wildman–Crippen MR) is 114 cm³/mol. The molecule has 0 radical (unpaired) electrons. The minimum absolute atomic E-state index is 0.227. The van der Waals surface area contributed by atoms with Gasteiger partial charge in [0, 0.05) is 32.1 Å². The first-order valence-electron chi connectivity index (χ1n) is 8.57. The largest absolute Gasteiger partial charge is 0.378 e. The van der Waals surface area contributed by atoms with Gasteiger partial charge in [0.25, 0.3) is 5.91 Å². The number of nitrogens with zero attached hydrogens (tertiary/aromatic N) is 4. The molecular formula is C19H18N6OS2. The van der Waals surface area contributed by atoms with Crippen molar-refractivity contribution in [2.24, 2.45) is 7.05 Å². The molecule has 0 bridgehead atoms. The summed E-state index contributed by atoms with van der Waals surface area (Å²) in [6, 6.07) is 9.90.